The molecule has 128 valence electrons. The number of anilines is 1. The Morgan fingerprint density at radius 1 is 0.920 bits per heavy atom. The van der Waals surface area contributed by atoms with E-state index < -0.39 is 0 Å². The first-order valence-electron chi connectivity index (χ1n) is 9.39. The maximum absolute atomic E-state index is 13.1. The van der Waals surface area contributed by atoms with Crippen LogP contribution < -0.4 is 5.32 Å². The van der Waals surface area contributed by atoms with E-state index in [1.54, 1.807) is 12.4 Å². The summed E-state index contributed by atoms with van der Waals surface area (Å²) >= 11 is 0. The fourth-order valence-corrected chi connectivity index (χ4v) is 5.78. The summed E-state index contributed by atoms with van der Waals surface area (Å²) in [5, 5.41) is 3.11. The third kappa shape index (κ3) is 2.64. The second-order valence-electron chi connectivity index (χ2n) is 8.31. The van der Waals surface area contributed by atoms with Gasteiger partial charge in [-0.25, -0.2) is 9.97 Å². The third-order valence-electron chi connectivity index (χ3n) is 6.46. The largest absolute Gasteiger partial charge is 0.323 e. The third-order valence-corrected chi connectivity index (χ3v) is 6.46. The van der Waals surface area contributed by atoms with Gasteiger partial charge in [0, 0.05) is 5.56 Å². The van der Waals surface area contributed by atoms with Crippen molar-refractivity contribution in [2.24, 2.45) is 23.2 Å². The lowest BCUT2D eigenvalue weighted by atomic mass is 9.49. The van der Waals surface area contributed by atoms with Crippen LogP contribution in [-0.4, -0.2) is 15.9 Å². The average molecular weight is 333 g/mol. The predicted molar refractivity (Wildman–Crippen MR) is 96.7 cm³/mol. The van der Waals surface area contributed by atoms with Crippen LogP contribution in [0.3, 0.4) is 0 Å². The zero-order valence-electron chi connectivity index (χ0n) is 14.3. The SMILES string of the molecule is O=C(Nc1cnc(-c2ccccc2)nc1)C12CC3CC(CC(C3)C1)C2. The molecule has 4 saturated carbocycles. The summed E-state index contributed by atoms with van der Waals surface area (Å²) in [7, 11) is 0. The van der Waals surface area contributed by atoms with Gasteiger partial charge in [0.05, 0.1) is 23.5 Å². The van der Waals surface area contributed by atoms with Crippen molar-refractivity contribution < 1.29 is 4.79 Å². The molecule has 0 unspecified atom stereocenters. The topological polar surface area (TPSA) is 54.9 Å². The van der Waals surface area contributed by atoms with Gasteiger partial charge in [0.2, 0.25) is 5.91 Å². The number of hydrogen-bond acceptors (Lipinski definition) is 3. The van der Waals surface area contributed by atoms with E-state index in [2.05, 4.69) is 15.3 Å². The zero-order valence-corrected chi connectivity index (χ0v) is 14.3. The zero-order chi connectivity index (χ0) is 16.9. The van der Waals surface area contributed by atoms with E-state index in [4.69, 9.17) is 0 Å². The van der Waals surface area contributed by atoms with Crippen molar-refractivity contribution in [3.8, 4) is 11.4 Å². The van der Waals surface area contributed by atoms with E-state index in [0.717, 1.165) is 42.6 Å². The lowest BCUT2D eigenvalue weighted by molar-refractivity contribution is -0.140. The minimum absolute atomic E-state index is 0.132. The number of nitrogens with one attached hydrogen (secondary N) is 1. The molecular weight excluding hydrogens is 310 g/mol. The Morgan fingerprint density at radius 3 is 2.04 bits per heavy atom. The number of amides is 1. The first-order valence-corrected chi connectivity index (χ1v) is 9.39. The minimum atomic E-state index is -0.132. The van der Waals surface area contributed by atoms with Gasteiger partial charge in [-0.15, -0.1) is 0 Å². The summed E-state index contributed by atoms with van der Waals surface area (Å²) in [4.78, 5) is 21.9. The van der Waals surface area contributed by atoms with Crippen LogP contribution in [0.1, 0.15) is 38.5 Å². The minimum Gasteiger partial charge on any atom is -0.323 e. The van der Waals surface area contributed by atoms with Crippen molar-refractivity contribution >= 4 is 11.6 Å². The molecule has 25 heavy (non-hydrogen) atoms. The Kier molecular flexibility index (Phi) is 3.40. The molecule has 1 amide bonds. The summed E-state index contributed by atoms with van der Waals surface area (Å²) < 4.78 is 0. The Balaban J connectivity index is 1.33. The molecule has 0 radical (unpaired) electrons. The first-order chi connectivity index (χ1) is 12.2. The van der Waals surface area contributed by atoms with Gasteiger partial charge in [-0.2, -0.15) is 0 Å². The van der Waals surface area contributed by atoms with Crippen molar-refractivity contribution in [2.45, 2.75) is 38.5 Å². The molecule has 4 heteroatoms. The Hall–Kier alpha value is -2.23. The summed E-state index contributed by atoms with van der Waals surface area (Å²) in [5.74, 6) is 3.20. The molecule has 1 aromatic carbocycles. The molecule has 4 nitrogen and oxygen atoms in total. The van der Waals surface area contributed by atoms with Crippen LogP contribution in [0.25, 0.3) is 11.4 Å². The van der Waals surface area contributed by atoms with Crippen LogP contribution in [0, 0.1) is 23.2 Å². The van der Waals surface area contributed by atoms with Gasteiger partial charge in [-0.3, -0.25) is 4.79 Å². The smallest absolute Gasteiger partial charge is 0.230 e. The van der Waals surface area contributed by atoms with Gasteiger partial charge < -0.3 is 5.32 Å². The molecule has 1 N–H and O–H groups in total. The highest BCUT2D eigenvalue weighted by atomic mass is 16.2. The molecule has 0 aliphatic heterocycles. The normalized spacial score (nSPS) is 32.6. The summed E-state index contributed by atoms with van der Waals surface area (Å²) in [6, 6.07) is 9.90. The van der Waals surface area contributed by atoms with Crippen molar-refractivity contribution in [2.75, 3.05) is 5.32 Å². The number of benzene rings is 1. The van der Waals surface area contributed by atoms with Crippen LogP contribution in [0.4, 0.5) is 5.69 Å². The Bertz CT molecular complexity index is 749. The molecule has 4 bridgehead atoms. The van der Waals surface area contributed by atoms with Gasteiger partial charge in [0.15, 0.2) is 5.82 Å². The molecule has 1 aromatic heterocycles. The highest BCUT2D eigenvalue weighted by Crippen LogP contribution is 2.60. The van der Waals surface area contributed by atoms with Crippen LogP contribution in [-0.2, 0) is 4.79 Å². The number of aromatic nitrogens is 2. The summed E-state index contributed by atoms with van der Waals surface area (Å²) in [6.45, 7) is 0. The van der Waals surface area contributed by atoms with Gasteiger partial charge in [-0.05, 0) is 56.3 Å². The number of carbonyl (C=O) groups is 1. The standard InChI is InChI=1S/C21H23N3O/c25-20(21-9-14-6-15(10-21)8-16(7-14)11-21)24-18-12-22-19(23-13-18)17-4-2-1-3-5-17/h1-5,12-16H,6-11H2,(H,24,25). The van der Waals surface area contributed by atoms with E-state index >= 15 is 0 Å². The van der Waals surface area contributed by atoms with E-state index in [9.17, 15) is 4.79 Å². The second kappa shape index (κ2) is 5.65. The van der Waals surface area contributed by atoms with Crippen molar-refractivity contribution in [1.82, 2.24) is 9.97 Å². The fourth-order valence-electron chi connectivity index (χ4n) is 5.78. The lowest BCUT2D eigenvalue weighted by Gasteiger charge is -2.55. The summed E-state index contributed by atoms with van der Waals surface area (Å²) in [6.07, 6.45) is 10.7. The second-order valence-corrected chi connectivity index (χ2v) is 8.31. The quantitative estimate of drug-likeness (QED) is 0.911. The van der Waals surface area contributed by atoms with E-state index in [0.29, 0.717) is 11.5 Å². The molecule has 6 rings (SSSR count). The van der Waals surface area contributed by atoms with Crippen LogP contribution in [0.5, 0.6) is 0 Å². The van der Waals surface area contributed by atoms with Gasteiger partial charge in [0.25, 0.3) is 0 Å². The molecule has 4 aliphatic carbocycles. The first kappa shape index (κ1) is 15.1. The number of nitrogens with zero attached hydrogens (tertiary/aromatic N) is 2. The van der Waals surface area contributed by atoms with Crippen molar-refractivity contribution in [3.05, 3.63) is 42.7 Å². The van der Waals surface area contributed by atoms with E-state index in [1.165, 1.54) is 19.3 Å². The van der Waals surface area contributed by atoms with Crippen LogP contribution in [0.2, 0.25) is 0 Å². The number of rotatable bonds is 3. The van der Waals surface area contributed by atoms with Crippen molar-refractivity contribution in [3.63, 3.8) is 0 Å². The average Bonchev–Trinajstić information content (AvgIpc) is 2.62. The van der Waals surface area contributed by atoms with Crippen LogP contribution in [0.15, 0.2) is 42.7 Å². The highest BCUT2D eigenvalue weighted by molar-refractivity contribution is 5.95. The highest BCUT2D eigenvalue weighted by Gasteiger charge is 2.54. The molecule has 1 heterocycles. The molecule has 4 aliphatic rings. The van der Waals surface area contributed by atoms with Crippen molar-refractivity contribution in [1.29, 1.82) is 0 Å². The monoisotopic (exact) mass is 333 g/mol. The molecular formula is C21H23N3O. The van der Waals surface area contributed by atoms with E-state index in [-0.39, 0.29) is 11.3 Å². The molecule has 0 spiro atoms. The van der Waals surface area contributed by atoms with E-state index in [1.807, 2.05) is 30.3 Å². The maximum atomic E-state index is 13.1. The number of carbonyl (C=O) groups excluding carboxylic acids is 1. The fraction of sp³-hybridized carbons (Fsp3) is 0.476. The molecule has 0 atom stereocenters. The maximum Gasteiger partial charge on any atom is 0.230 e. The summed E-state index contributed by atoms with van der Waals surface area (Å²) in [5.41, 5.74) is 1.56. The molecule has 2 aromatic rings. The molecule has 4 fully saturated rings. The van der Waals surface area contributed by atoms with Gasteiger partial charge >= 0.3 is 0 Å². The number of hydrogen-bond donors (Lipinski definition) is 1. The Labute approximate surface area is 148 Å². The lowest BCUT2D eigenvalue weighted by Crippen LogP contribution is -2.51. The predicted octanol–water partition coefficient (Wildman–Crippen LogP) is 4.30. The molecule has 0 saturated heterocycles. The Morgan fingerprint density at radius 2 is 1.48 bits per heavy atom. The van der Waals surface area contributed by atoms with Gasteiger partial charge in [0.1, 0.15) is 0 Å². The van der Waals surface area contributed by atoms with Crippen LogP contribution >= 0.6 is 0 Å². The van der Waals surface area contributed by atoms with Gasteiger partial charge in [-0.1, -0.05) is 30.3 Å².